The van der Waals surface area contributed by atoms with Crippen molar-refractivity contribution in [1.82, 2.24) is 0 Å². The fourth-order valence-electron chi connectivity index (χ4n) is 3.23. The number of hydrogen-bond acceptors (Lipinski definition) is 4. The number of hydrogen-bond donors (Lipinski definition) is 0. The van der Waals surface area contributed by atoms with Crippen LogP contribution in [0.2, 0.25) is 0 Å². The molecule has 0 aromatic heterocycles. The molecule has 4 nitrogen and oxygen atoms in total. The van der Waals surface area contributed by atoms with Crippen LogP contribution in [-0.4, -0.2) is 25.2 Å². The van der Waals surface area contributed by atoms with Crippen molar-refractivity contribution in [3.63, 3.8) is 0 Å². The molecule has 0 N–H and O–H groups in total. The minimum absolute atomic E-state index is 0.229. The van der Waals surface area contributed by atoms with Crippen LogP contribution in [0.4, 0.5) is 0 Å². The Balaban J connectivity index is 2.32. The van der Waals surface area contributed by atoms with E-state index in [2.05, 4.69) is 0 Å². The van der Waals surface area contributed by atoms with E-state index in [0.717, 1.165) is 11.1 Å². The molecule has 0 bridgehead atoms. The second-order valence-electron chi connectivity index (χ2n) is 8.64. The lowest BCUT2D eigenvalue weighted by atomic mass is 9.82. The summed E-state index contributed by atoms with van der Waals surface area (Å²) in [6.07, 6.45) is 0.873. The van der Waals surface area contributed by atoms with Crippen LogP contribution in [0.3, 0.4) is 0 Å². The first-order valence-electron chi connectivity index (χ1n) is 10.8. The van der Waals surface area contributed by atoms with Gasteiger partial charge in [0.15, 0.2) is 0 Å². The van der Waals surface area contributed by atoms with Gasteiger partial charge in [0.25, 0.3) is 0 Å². The predicted octanol–water partition coefficient (Wildman–Crippen LogP) is 5.10. The highest BCUT2D eigenvalue weighted by Gasteiger charge is 2.36. The van der Waals surface area contributed by atoms with Crippen LogP contribution < -0.4 is 0 Å². The van der Waals surface area contributed by atoms with Crippen LogP contribution in [0.5, 0.6) is 0 Å². The lowest BCUT2D eigenvalue weighted by molar-refractivity contribution is -0.162. The molecule has 0 amide bonds. The Hall–Kier alpha value is -2.62. The van der Waals surface area contributed by atoms with E-state index in [-0.39, 0.29) is 23.8 Å². The van der Waals surface area contributed by atoms with Gasteiger partial charge in [-0.3, -0.25) is 9.59 Å². The lowest BCUT2D eigenvalue weighted by Crippen LogP contribution is -2.36. The smallest absolute Gasteiger partial charge is 0.310 e. The molecule has 2 rings (SSSR count). The maximum absolute atomic E-state index is 13.1. The van der Waals surface area contributed by atoms with Gasteiger partial charge in [-0.15, -0.1) is 0 Å². The van der Waals surface area contributed by atoms with E-state index in [9.17, 15) is 9.59 Å². The minimum Gasteiger partial charge on any atom is -0.465 e. The van der Waals surface area contributed by atoms with Crippen LogP contribution in [0.1, 0.15) is 38.8 Å². The molecule has 0 heterocycles. The topological polar surface area (TPSA) is 52.6 Å². The van der Waals surface area contributed by atoms with Crippen molar-refractivity contribution in [2.24, 2.45) is 23.7 Å². The van der Waals surface area contributed by atoms with Gasteiger partial charge >= 0.3 is 11.9 Å². The minimum atomic E-state index is -0.606. The van der Waals surface area contributed by atoms with Crippen molar-refractivity contribution in [2.45, 2.75) is 40.5 Å². The van der Waals surface area contributed by atoms with Gasteiger partial charge in [0.05, 0.1) is 25.0 Å². The molecule has 0 aliphatic heterocycles. The van der Waals surface area contributed by atoms with E-state index in [1.54, 1.807) is 0 Å². The maximum atomic E-state index is 13.1. The number of carbonyl (C=O) groups excluding carboxylic acids is 2. The molecule has 2 atom stereocenters. The molecule has 0 radical (unpaired) electrons. The molecule has 0 aliphatic carbocycles. The Bertz CT molecular complexity index is 701. The number of ether oxygens (including phenoxy) is 2. The van der Waals surface area contributed by atoms with Crippen LogP contribution in [-0.2, 0) is 31.9 Å². The maximum Gasteiger partial charge on any atom is 0.310 e. The van der Waals surface area contributed by atoms with E-state index in [0.29, 0.717) is 26.1 Å². The molecule has 0 saturated heterocycles. The van der Waals surface area contributed by atoms with Gasteiger partial charge in [-0.25, -0.2) is 0 Å². The van der Waals surface area contributed by atoms with Crippen LogP contribution in [0.15, 0.2) is 60.7 Å². The zero-order valence-corrected chi connectivity index (χ0v) is 18.5. The largest absolute Gasteiger partial charge is 0.465 e. The summed E-state index contributed by atoms with van der Waals surface area (Å²) >= 11 is 0. The van der Waals surface area contributed by atoms with Gasteiger partial charge in [0.1, 0.15) is 0 Å². The summed E-state index contributed by atoms with van der Waals surface area (Å²) in [5.41, 5.74) is 2.00. The van der Waals surface area contributed by atoms with Gasteiger partial charge in [-0.05, 0) is 35.8 Å². The van der Waals surface area contributed by atoms with Crippen LogP contribution in [0, 0.1) is 23.7 Å². The van der Waals surface area contributed by atoms with E-state index < -0.39 is 11.8 Å². The second kappa shape index (κ2) is 12.2. The molecular formula is C26H34O4. The van der Waals surface area contributed by atoms with Gasteiger partial charge in [-0.1, -0.05) is 88.4 Å². The van der Waals surface area contributed by atoms with Crippen LogP contribution in [0.25, 0.3) is 0 Å². The molecule has 0 fully saturated rings. The van der Waals surface area contributed by atoms with Gasteiger partial charge in [0, 0.05) is 0 Å². The van der Waals surface area contributed by atoms with E-state index in [1.165, 1.54) is 0 Å². The summed E-state index contributed by atoms with van der Waals surface area (Å²) in [5, 5.41) is 0. The van der Waals surface area contributed by atoms with Crippen LogP contribution >= 0.6 is 0 Å². The third-order valence-electron chi connectivity index (χ3n) is 4.81. The fraction of sp³-hybridized carbons (Fsp3) is 0.462. The quantitative estimate of drug-likeness (QED) is 0.484. The highest BCUT2D eigenvalue weighted by Crippen LogP contribution is 2.26. The second-order valence-corrected chi connectivity index (χ2v) is 8.64. The molecule has 2 aromatic rings. The first kappa shape index (κ1) is 23.7. The molecule has 0 aliphatic rings. The molecule has 4 heteroatoms. The Labute approximate surface area is 180 Å². The molecule has 162 valence electrons. The summed E-state index contributed by atoms with van der Waals surface area (Å²) in [6.45, 7) is 8.66. The Morgan fingerprint density at radius 2 is 0.967 bits per heavy atom. The van der Waals surface area contributed by atoms with E-state index in [4.69, 9.17) is 9.47 Å². The van der Waals surface area contributed by atoms with Crippen molar-refractivity contribution in [3.05, 3.63) is 71.8 Å². The zero-order valence-electron chi connectivity index (χ0n) is 18.5. The Morgan fingerprint density at radius 1 is 0.633 bits per heavy atom. The zero-order chi connectivity index (χ0) is 21.9. The molecule has 2 aromatic carbocycles. The van der Waals surface area contributed by atoms with Crippen molar-refractivity contribution >= 4 is 11.9 Å². The SMILES string of the molecule is CC(C)COC(=O)C(Cc1ccccc1)C(Cc1ccccc1)C(=O)OCC(C)C. The molecule has 0 spiro atoms. The molecular weight excluding hydrogens is 376 g/mol. The van der Waals surface area contributed by atoms with Crippen molar-refractivity contribution < 1.29 is 19.1 Å². The Kier molecular flexibility index (Phi) is 9.59. The van der Waals surface area contributed by atoms with Gasteiger partial charge < -0.3 is 9.47 Å². The third-order valence-corrected chi connectivity index (χ3v) is 4.81. The average Bonchev–Trinajstić information content (AvgIpc) is 2.74. The monoisotopic (exact) mass is 410 g/mol. The van der Waals surface area contributed by atoms with E-state index >= 15 is 0 Å². The summed E-state index contributed by atoms with van der Waals surface area (Å²) in [7, 11) is 0. The molecule has 0 saturated carbocycles. The van der Waals surface area contributed by atoms with E-state index in [1.807, 2.05) is 88.4 Å². The number of benzene rings is 2. The lowest BCUT2D eigenvalue weighted by Gasteiger charge is -2.25. The number of carbonyl (C=O) groups is 2. The van der Waals surface area contributed by atoms with Crippen molar-refractivity contribution in [2.75, 3.05) is 13.2 Å². The summed E-state index contributed by atoms with van der Waals surface area (Å²) in [6, 6.07) is 19.5. The summed E-state index contributed by atoms with van der Waals surface area (Å²) < 4.78 is 11.2. The molecule has 30 heavy (non-hydrogen) atoms. The summed E-state index contributed by atoms with van der Waals surface area (Å²) in [5.74, 6) is -1.43. The first-order valence-corrected chi connectivity index (χ1v) is 10.8. The normalized spacial score (nSPS) is 13.1. The standard InChI is InChI=1S/C26H34O4/c1-19(2)17-29-25(27)23(15-21-11-7-5-8-12-21)24(26(28)30-18-20(3)4)16-22-13-9-6-10-14-22/h5-14,19-20,23-24H,15-18H2,1-4H3. The first-order chi connectivity index (χ1) is 14.4. The highest BCUT2D eigenvalue weighted by molar-refractivity contribution is 5.82. The predicted molar refractivity (Wildman–Crippen MR) is 119 cm³/mol. The summed E-state index contributed by atoms with van der Waals surface area (Å²) in [4.78, 5) is 26.2. The van der Waals surface area contributed by atoms with Gasteiger partial charge in [-0.2, -0.15) is 0 Å². The van der Waals surface area contributed by atoms with Gasteiger partial charge in [0.2, 0.25) is 0 Å². The Morgan fingerprint density at radius 3 is 1.27 bits per heavy atom. The highest BCUT2D eigenvalue weighted by atomic mass is 16.5. The number of rotatable bonds is 11. The van der Waals surface area contributed by atoms with Crippen molar-refractivity contribution in [1.29, 1.82) is 0 Å². The number of esters is 2. The fourth-order valence-corrected chi connectivity index (χ4v) is 3.23. The third kappa shape index (κ3) is 8.02. The van der Waals surface area contributed by atoms with Crippen molar-refractivity contribution in [3.8, 4) is 0 Å². The molecule has 2 unspecified atom stereocenters. The average molecular weight is 411 g/mol.